The lowest BCUT2D eigenvalue weighted by molar-refractivity contribution is -0.137. The third kappa shape index (κ3) is 4.19. The van der Waals surface area contributed by atoms with Crippen LogP contribution >= 0.6 is 0 Å². The lowest BCUT2D eigenvalue weighted by atomic mass is 9.83. The fraction of sp³-hybridized carbons (Fsp3) is 0.400. The summed E-state index contributed by atoms with van der Waals surface area (Å²) >= 11 is 0. The molecule has 0 bridgehead atoms. The second-order valence-corrected chi connectivity index (χ2v) is 6.73. The number of hydrogen-bond donors (Lipinski definition) is 1. The number of benzene rings is 2. The largest absolute Gasteiger partial charge is 0.497 e. The first kappa shape index (κ1) is 18.7. The molecule has 1 fully saturated rings. The van der Waals surface area contributed by atoms with E-state index in [1.807, 2.05) is 24.3 Å². The summed E-state index contributed by atoms with van der Waals surface area (Å²) in [6.07, 6.45) is -3.59. The molecule has 0 atom stereocenters. The van der Waals surface area contributed by atoms with Gasteiger partial charge >= 0.3 is 6.18 Å². The Morgan fingerprint density at radius 2 is 1.73 bits per heavy atom. The maximum absolute atomic E-state index is 12.9. The van der Waals surface area contributed by atoms with E-state index < -0.39 is 17.3 Å². The first-order valence-electron chi connectivity index (χ1n) is 8.56. The zero-order valence-corrected chi connectivity index (χ0v) is 14.6. The molecule has 2 aromatic carbocycles. The number of alkyl halides is 3. The summed E-state index contributed by atoms with van der Waals surface area (Å²) in [6.45, 7) is 1.99. The number of hydrogen-bond acceptors (Lipinski definition) is 3. The maximum atomic E-state index is 12.9. The van der Waals surface area contributed by atoms with Gasteiger partial charge in [0.15, 0.2) is 0 Å². The molecule has 0 amide bonds. The quantitative estimate of drug-likeness (QED) is 0.882. The monoisotopic (exact) mass is 365 g/mol. The van der Waals surface area contributed by atoms with Crippen molar-refractivity contribution in [1.82, 2.24) is 4.90 Å². The van der Waals surface area contributed by atoms with Gasteiger partial charge in [0, 0.05) is 19.6 Å². The van der Waals surface area contributed by atoms with Gasteiger partial charge in [-0.05, 0) is 48.2 Å². The second kappa shape index (κ2) is 7.29. The second-order valence-electron chi connectivity index (χ2n) is 6.73. The van der Waals surface area contributed by atoms with E-state index in [0.29, 0.717) is 31.5 Å². The number of nitrogens with zero attached hydrogens (tertiary/aromatic N) is 1. The molecule has 0 aliphatic carbocycles. The molecule has 140 valence electrons. The highest BCUT2D eigenvalue weighted by molar-refractivity contribution is 5.31. The van der Waals surface area contributed by atoms with E-state index in [9.17, 15) is 18.3 Å². The molecule has 0 spiro atoms. The molecule has 1 aliphatic rings. The van der Waals surface area contributed by atoms with Gasteiger partial charge in [0.1, 0.15) is 5.75 Å². The summed E-state index contributed by atoms with van der Waals surface area (Å²) in [4.78, 5) is 2.20. The van der Waals surface area contributed by atoms with Gasteiger partial charge in [-0.25, -0.2) is 0 Å². The molecule has 6 heteroatoms. The molecule has 1 heterocycles. The van der Waals surface area contributed by atoms with Crippen molar-refractivity contribution >= 4 is 0 Å². The molecule has 0 saturated carbocycles. The molecule has 26 heavy (non-hydrogen) atoms. The van der Waals surface area contributed by atoms with Gasteiger partial charge < -0.3 is 9.84 Å². The van der Waals surface area contributed by atoms with Crippen LogP contribution < -0.4 is 4.74 Å². The van der Waals surface area contributed by atoms with E-state index in [0.717, 1.165) is 30.0 Å². The number of methoxy groups -OCH3 is 1. The van der Waals surface area contributed by atoms with Crippen molar-refractivity contribution in [2.24, 2.45) is 0 Å². The van der Waals surface area contributed by atoms with Crippen LogP contribution in [-0.2, 0) is 18.3 Å². The van der Waals surface area contributed by atoms with Gasteiger partial charge in [-0.2, -0.15) is 13.2 Å². The van der Waals surface area contributed by atoms with Crippen molar-refractivity contribution in [3.63, 3.8) is 0 Å². The summed E-state index contributed by atoms with van der Waals surface area (Å²) in [5.41, 5.74) is -0.451. The van der Waals surface area contributed by atoms with Crippen LogP contribution in [0.15, 0.2) is 48.5 Å². The van der Waals surface area contributed by atoms with Gasteiger partial charge in [-0.15, -0.1) is 0 Å². The van der Waals surface area contributed by atoms with Gasteiger partial charge in [0.25, 0.3) is 0 Å². The average Bonchev–Trinajstić information content (AvgIpc) is 2.64. The minimum Gasteiger partial charge on any atom is -0.497 e. The molecule has 0 unspecified atom stereocenters. The van der Waals surface area contributed by atoms with Crippen LogP contribution in [0, 0.1) is 0 Å². The van der Waals surface area contributed by atoms with Crippen LogP contribution in [0.1, 0.15) is 29.5 Å². The van der Waals surface area contributed by atoms with E-state index in [1.54, 1.807) is 13.2 Å². The van der Waals surface area contributed by atoms with Gasteiger partial charge in [0.05, 0.1) is 18.3 Å². The summed E-state index contributed by atoms with van der Waals surface area (Å²) in [7, 11) is 1.62. The first-order chi connectivity index (χ1) is 12.3. The number of aliphatic hydroxyl groups is 1. The number of halogens is 3. The SMILES string of the molecule is COc1ccc(CN2CCC(O)(c3cccc(C(F)(F)F)c3)CC2)cc1. The molecule has 0 radical (unpaired) electrons. The summed E-state index contributed by atoms with van der Waals surface area (Å²) < 4.78 is 43.9. The highest BCUT2D eigenvalue weighted by Gasteiger charge is 2.36. The van der Waals surface area contributed by atoms with E-state index in [-0.39, 0.29) is 0 Å². The highest BCUT2D eigenvalue weighted by Crippen LogP contribution is 2.37. The van der Waals surface area contributed by atoms with Gasteiger partial charge in [-0.3, -0.25) is 4.90 Å². The summed E-state index contributed by atoms with van der Waals surface area (Å²) in [5.74, 6) is 0.798. The number of likely N-dealkylation sites (tertiary alicyclic amines) is 1. The molecule has 1 aliphatic heterocycles. The molecule has 3 nitrogen and oxygen atoms in total. The minimum atomic E-state index is -4.40. The van der Waals surface area contributed by atoms with Crippen molar-refractivity contribution in [1.29, 1.82) is 0 Å². The number of rotatable bonds is 4. The predicted molar refractivity (Wildman–Crippen MR) is 92.8 cm³/mol. The van der Waals surface area contributed by atoms with Crippen LogP contribution in [0.25, 0.3) is 0 Å². The van der Waals surface area contributed by atoms with E-state index >= 15 is 0 Å². The van der Waals surface area contributed by atoms with Crippen LogP contribution in [0.4, 0.5) is 13.2 Å². The van der Waals surface area contributed by atoms with Crippen LogP contribution in [0.2, 0.25) is 0 Å². The topological polar surface area (TPSA) is 32.7 Å². The van der Waals surface area contributed by atoms with E-state index in [4.69, 9.17) is 4.74 Å². The Kier molecular flexibility index (Phi) is 5.25. The average molecular weight is 365 g/mol. The zero-order valence-electron chi connectivity index (χ0n) is 14.6. The lowest BCUT2D eigenvalue weighted by Gasteiger charge is -2.38. The number of piperidine rings is 1. The zero-order chi connectivity index (χ0) is 18.8. The Hall–Kier alpha value is -2.05. The number of ether oxygens (including phenoxy) is 1. The Morgan fingerprint density at radius 1 is 1.08 bits per heavy atom. The van der Waals surface area contributed by atoms with Crippen molar-refractivity contribution in [3.05, 3.63) is 65.2 Å². The lowest BCUT2D eigenvalue weighted by Crippen LogP contribution is -2.42. The Bertz CT molecular complexity index is 735. The Morgan fingerprint density at radius 3 is 2.31 bits per heavy atom. The minimum absolute atomic E-state index is 0.344. The molecule has 1 N–H and O–H groups in total. The predicted octanol–water partition coefficient (Wildman–Crippen LogP) is 4.20. The van der Waals surface area contributed by atoms with E-state index in [2.05, 4.69) is 4.90 Å². The van der Waals surface area contributed by atoms with Crippen molar-refractivity contribution < 1.29 is 23.0 Å². The van der Waals surface area contributed by atoms with Gasteiger partial charge in [0.2, 0.25) is 0 Å². The molecule has 3 rings (SSSR count). The first-order valence-corrected chi connectivity index (χ1v) is 8.56. The van der Waals surface area contributed by atoms with Gasteiger partial charge in [-0.1, -0.05) is 24.3 Å². The standard InChI is InChI=1S/C20H22F3NO2/c1-26-18-7-5-15(6-8-18)14-24-11-9-19(25,10-12-24)16-3-2-4-17(13-16)20(21,22)23/h2-8,13,25H,9-12,14H2,1H3. The molecule has 1 saturated heterocycles. The fourth-order valence-corrected chi connectivity index (χ4v) is 3.34. The highest BCUT2D eigenvalue weighted by atomic mass is 19.4. The summed E-state index contributed by atoms with van der Waals surface area (Å²) in [5, 5.41) is 10.9. The van der Waals surface area contributed by atoms with Crippen molar-refractivity contribution in [2.45, 2.75) is 31.2 Å². The molecule has 2 aromatic rings. The molecule has 0 aromatic heterocycles. The Labute approximate surface area is 151 Å². The van der Waals surface area contributed by atoms with E-state index in [1.165, 1.54) is 6.07 Å². The normalized spacial score (nSPS) is 17.9. The smallest absolute Gasteiger partial charge is 0.416 e. The maximum Gasteiger partial charge on any atom is 0.416 e. The Balaban J connectivity index is 1.65. The van der Waals surface area contributed by atoms with Crippen molar-refractivity contribution in [2.75, 3.05) is 20.2 Å². The molecular weight excluding hydrogens is 343 g/mol. The fourth-order valence-electron chi connectivity index (χ4n) is 3.34. The summed E-state index contributed by atoms with van der Waals surface area (Å²) in [6, 6.07) is 12.8. The van der Waals surface area contributed by atoms with Crippen LogP contribution in [-0.4, -0.2) is 30.2 Å². The third-order valence-corrected chi connectivity index (χ3v) is 4.98. The molecular formula is C20H22F3NO2. The van der Waals surface area contributed by atoms with Crippen LogP contribution in [0.5, 0.6) is 5.75 Å². The van der Waals surface area contributed by atoms with Crippen molar-refractivity contribution in [3.8, 4) is 5.75 Å². The third-order valence-electron chi connectivity index (χ3n) is 4.98. The van der Waals surface area contributed by atoms with Crippen LogP contribution in [0.3, 0.4) is 0 Å².